The molecule has 1 fully saturated rings. The summed E-state index contributed by atoms with van der Waals surface area (Å²) in [6.45, 7) is 12.8. The first-order valence-corrected chi connectivity index (χ1v) is 12.9. The van der Waals surface area contributed by atoms with E-state index in [2.05, 4.69) is 39.9 Å². The molecule has 0 aromatic rings. The van der Waals surface area contributed by atoms with Crippen LogP contribution >= 0.6 is 0 Å². The van der Waals surface area contributed by atoms with Crippen LogP contribution < -0.4 is 5.32 Å². The van der Waals surface area contributed by atoms with Crippen molar-refractivity contribution < 1.29 is 14.7 Å². The highest BCUT2D eigenvalue weighted by Gasteiger charge is 2.22. The van der Waals surface area contributed by atoms with Gasteiger partial charge in [-0.15, -0.1) is 0 Å². The van der Waals surface area contributed by atoms with Gasteiger partial charge in [-0.05, 0) is 37.0 Å². The summed E-state index contributed by atoms with van der Waals surface area (Å²) in [7, 11) is 0. The van der Waals surface area contributed by atoms with Crippen molar-refractivity contribution in [2.45, 2.75) is 112 Å². The molecule has 0 radical (unpaired) electrons. The van der Waals surface area contributed by atoms with Gasteiger partial charge < -0.3 is 15.3 Å². The average molecular weight is 441 g/mol. The largest absolute Gasteiger partial charge is 0.396 e. The molecule has 0 aromatic heterocycles. The molecular weight excluding hydrogens is 388 g/mol. The summed E-state index contributed by atoms with van der Waals surface area (Å²) in [5, 5.41) is 11.9. The molecule has 0 aromatic carbocycles. The molecule has 0 bridgehead atoms. The molecular formula is C26H52N2O3. The molecule has 31 heavy (non-hydrogen) atoms. The molecule has 1 heterocycles. The van der Waals surface area contributed by atoms with Gasteiger partial charge in [-0.3, -0.25) is 9.59 Å². The lowest BCUT2D eigenvalue weighted by molar-refractivity contribution is -0.134. The summed E-state index contributed by atoms with van der Waals surface area (Å²) in [6.07, 6.45) is 13.4. The Kier molecular flexibility index (Phi) is 18.9. The van der Waals surface area contributed by atoms with E-state index in [4.69, 9.17) is 5.11 Å². The number of nitrogens with one attached hydrogen (secondary N) is 1. The molecule has 1 aliphatic heterocycles. The quantitative estimate of drug-likeness (QED) is 0.348. The van der Waals surface area contributed by atoms with Gasteiger partial charge in [0.05, 0.1) is 6.54 Å². The first kappa shape index (κ1) is 29.9. The average Bonchev–Trinajstić information content (AvgIpc) is 2.72. The van der Waals surface area contributed by atoms with Crippen molar-refractivity contribution in [3.05, 3.63) is 0 Å². The second kappa shape index (κ2) is 19.6. The SMILES string of the molecule is CC(C)C.CC(C)CCCCCCCCCCC(=O)NCC(=O)N1CCC(CO)CC1. The third kappa shape index (κ3) is 19.3. The maximum Gasteiger partial charge on any atom is 0.241 e. The summed E-state index contributed by atoms with van der Waals surface area (Å²) >= 11 is 0. The summed E-state index contributed by atoms with van der Waals surface area (Å²) in [5.74, 6) is 1.97. The number of unbranched alkanes of at least 4 members (excludes halogenated alkanes) is 7. The monoisotopic (exact) mass is 440 g/mol. The third-order valence-electron chi connectivity index (χ3n) is 5.60. The number of carbonyl (C=O) groups is 2. The summed E-state index contributed by atoms with van der Waals surface area (Å²) in [4.78, 5) is 25.8. The first-order valence-electron chi connectivity index (χ1n) is 12.9. The minimum Gasteiger partial charge on any atom is -0.396 e. The third-order valence-corrected chi connectivity index (χ3v) is 5.60. The minimum absolute atomic E-state index is 0.00259. The van der Waals surface area contributed by atoms with Gasteiger partial charge in [0.15, 0.2) is 0 Å². The summed E-state index contributed by atoms with van der Waals surface area (Å²) < 4.78 is 0. The van der Waals surface area contributed by atoms with Gasteiger partial charge in [-0.2, -0.15) is 0 Å². The number of amides is 2. The van der Waals surface area contributed by atoms with Crippen molar-refractivity contribution in [1.29, 1.82) is 0 Å². The van der Waals surface area contributed by atoms with Crippen LogP contribution in [0.5, 0.6) is 0 Å². The number of hydrogen-bond donors (Lipinski definition) is 2. The number of aliphatic hydroxyl groups excluding tert-OH is 1. The van der Waals surface area contributed by atoms with E-state index in [0.29, 0.717) is 25.4 Å². The van der Waals surface area contributed by atoms with Crippen molar-refractivity contribution in [3.8, 4) is 0 Å². The second-order valence-electron chi connectivity index (χ2n) is 10.3. The Morgan fingerprint density at radius 3 is 1.84 bits per heavy atom. The fourth-order valence-electron chi connectivity index (χ4n) is 3.64. The van der Waals surface area contributed by atoms with Crippen molar-refractivity contribution in [2.24, 2.45) is 17.8 Å². The van der Waals surface area contributed by atoms with Gasteiger partial charge in [0.2, 0.25) is 11.8 Å². The van der Waals surface area contributed by atoms with Gasteiger partial charge in [0, 0.05) is 26.1 Å². The van der Waals surface area contributed by atoms with E-state index in [1.807, 2.05) is 0 Å². The maximum absolute atomic E-state index is 12.1. The fourth-order valence-corrected chi connectivity index (χ4v) is 3.64. The van der Waals surface area contributed by atoms with Crippen molar-refractivity contribution in [2.75, 3.05) is 26.2 Å². The number of nitrogens with zero attached hydrogens (tertiary/aromatic N) is 1. The van der Waals surface area contributed by atoms with Crippen LogP contribution in [0.25, 0.3) is 0 Å². The standard InChI is InChI=1S/C22H42N2O3.C4H10/c1-19(2)11-9-7-5-3-4-6-8-10-12-21(26)23-17-22(27)24-15-13-20(18-25)14-16-24;1-4(2)3/h19-20,25H,3-18H2,1-2H3,(H,23,26);4H,1-3H3. The minimum atomic E-state index is -0.0118. The Balaban J connectivity index is 0.00000206. The second-order valence-corrected chi connectivity index (χ2v) is 10.3. The summed E-state index contributed by atoms with van der Waals surface area (Å²) in [6, 6.07) is 0. The zero-order valence-electron chi connectivity index (χ0n) is 21.3. The fraction of sp³-hybridized carbons (Fsp3) is 0.923. The highest BCUT2D eigenvalue weighted by Crippen LogP contribution is 2.16. The highest BCUT2D eigenvalue weighted by atomic mass is 16.3. The van der Waals surface area contributed by atoms with Gasteiger partial charge >= 0.3 is 0 Å². The van der Waals surface area contributed by atoms with E-state index in [1.165, 1.54) is 44.9 Å². The first-order chi connectivity index (χ1) is 14.8. The van der Waals surface area contributed by atoms with E-state index >= 15 is 0 Å². The lowest BCUT2D eigenvalue weighted by Gasteiger charge is -2.31. The molecule has 184 valence electrons. The van der Waals surface area contributed by atoms with E-state index in [0.717, 1.165) is 37.5 Å². The Labute approximate surface area is 192 Å². The number of likely N-dealkylation sites (tertiary alicyclic amines) is 1. The van der Waals surface area contributed by atoms with E-state index in [1.54, 1.807) is 4.90 Å². The van der Waals surface area contributed by atoms with Crippen LogP contribution in [0.3, 0.4) is 0 Å². The molecule has 1 rings (SSSR count). The predicted molar refractivity (Wildman–Crippen MR) is 131 cm³/mol. The van der Waals surface area contributed by atoms with Gasteiger partial charge in [-0.1, -0.05) is 86.0 Å². The van der Waals surface area contributed by atoms with Crippen LogP contribution in [-0.4, -0.2) is 48.1 Å². The molecule has 0 unspecified atom stereocenters. The molecule has 0 spiro atoms. The van der Waals surface area contributed by atoms with Crippen LogP contribution in [0.4, 0.5) is 0 Å². The maximum atomic E-state index is 12.1. The molecule has 0 aliphatic carbocycles. The summed E-state index contributed by atoms with van der Waals surface area (Å²) in [5.41, 5.74) is 0. The molecule has 2 amide bonds. The lowest BCUT2D eigenvalue weighted by atomic mass is 9.98. The topological polar surface area (TPSA) is 69.6 Å². The molecule has 2 N–H and O–H groups in total. The number of aliphatic hydroxyl groups is 1. The van der Waals surface area contributed by atoms with Gasteiger partial charge in [0.25, 0.3) is 0 Å². The number of carbonyl (C=O) groups excluding carboxylic acids is 2. The van der Waals surface area contributed by atoms with E-state index in [-0.39, 0.29) is 25.0 Å². The van der Waals surface area contributed by atoms with Crippen LogP contribution in [0.15, 0.2) is 0 Å². The molecule has 1 aliphatic rings. The number of piperidine rings is 1. The number of hydrogen-bond acceptors (Lipinski definition) is 3. The molecule has 0 atom stereocenters. The Hall–Kier alpha value is -1.10. The zero-order chi connectivity index (χ0) is 23.5. The van der Waals surface area contributed by atoms with E-state index in [9.17, 15) is 9.59 Å². The van der Waals surface area contributed by atoms with Crippen molar-refractivity contribution in [1.82, 2.24) is 10.2 Å². The van der Waals surface area contributed by atoms with Crippen LogP contribution in [0, 0.1) is 17.8 Å². The predicted octanol–water partition coefficient (Wildman–Crippen LogP) is 5.55. The number of rotatable bonds is 14. The lowest BCUT2D eigenvalue weighted by Crippen LogP contribution is -2.44. The van der Waals surface area contributed by atoms with Gasteiger partial charge in [-0.25, -0.2) is 0 Å². The van der Waals surface area contributed by atoms with Crippen molar-refractivity contribution >= 4 is 11.8 Å². The van der Waals surface area contributed by atoms with Crippen LogP contribution in [-0.2, 0) is 9.59 Å². The Morgan fingerprint density at radius 2 is 1.35 bits per heavy atom. The van der Waals surface area contributed by atoms with Crippen LogP contribution in [0.1, 0.15) is 112 Å². The smallest absolute Gasteiger partial charge is 0.241 e. The zero-order valence-corrected chi connectivity index (χ0v) is 21.3. The highest BCUT2D eigenvalue weighted by molar-refractivity contribution is 5.84. The van der Waals surface area contributed by atoms with Crippen LogP contribution in [0.2, 0.25) is 0 Å². The molecule has 0 saturated carbocycles. The van der Waals surface area contributed by atoms with Crippen molar-refractivity contribution in [3.63, 3.8) is 0 Å². The molecule has 5 nitrogen and oxygen atoms in total. The molecule has 1 saturated heterocycles. The Morgan fingerprint density at radius 1 is 0.871 bits per heavy atom. The van der Waals surface area contributed by atoms with E-state index < -0.39 is 0 Å². The molecule has 5 heteroatoms. The van der Waals surface area contributed by atoms with Gasteiger partial charge in [0.1, 0.15) is 0 Å². The normalized spacial score (nSPS) is 14.5. The Bertz CT molecular complexity index is 441.